The summed E-state index contributed by atoms with van der Waals surface area (Å²) in [4.78, 5) is 2.12. The van der Waals surface area contributed by atoms with Gasteiger partial charge in [-0.25, -0.2) is 8.42 Å². The monoisotopic (exact) mass is 280 g/mol. The molecule has 17 heavy (non-hydrogen) atoms. The van der Waals surface area contributed by atoms with Crippen molar-refractivity contribution in [3.05, 3.63) is 0 Å². The van der Waals surface area contributed by atoms with Gasteiger partial charge in [-0.2, -0.15) is 11.8 Å². The summed E-state index contributed by atoms with van der Waals surface area (Å²) >= 11 is 1.74. The molecule has 0 spiro atoms. The molecule has 0 amide bonds. The summed E-state index contributed by atoms with van der Waals surface area (Å²) in [5.74, 6) is 1.76. The minimum atomic E-state index is -2.95. The van der Waals surface area contributed by atoms with Crippen LogP contribution in [-0.4, -0.2) is 62.1 Å². The largest absolute Gasteiger partial charge is 0.314 e. The summed E-state index contributed by atoms with van der Waals surface area (Å²) in [6, 6.07) is 0.454. The molecule has 0 aromatic carbocycles. The maximum Gasteiger partial charge on any atom is 0.164 e. The number of nitrogens with zero attached hydrogens (tertiary/aromatic N) is 1. The van der Waals surface area contributed by atoms with E-state index in [4.69, 9.17) is 0 Å². The molecule has 1 aliphatic rings. The van der Waals surface area contributed by atoms with E-state index in [9.17, 15) is 8.42 Å². The zero-order valence-electron chi connectivity index (χ0n) is 11.0. The maximum atomic E-state index is 11.7. The van der Waals surface area contributed by atoms with Crippen LogP contribution < -0.4 is 5.32 Å². The molecule has 0 bridgehead atoms. The van der Waals surface area contributed by atoms with Crippen LogP contribution in [0.4, 0.5) is 0 Å². The van der Waals surface area contributed by atoms with Crippen LogP contribution in [0.3, 0.4) is 0 Å². The van der Waals surface area contributed by atoms with Gasteiger partial charge in [0.25, 0.3) is 0 Å². The van der Waals surface area contributed by atoms with Crippen molar-refractivity contribution >= 4 is 21.6 Å². The van der Waals surface area contributed by atoms with Gasteiger partial charge in [-0.05, 0) is 19.9 Å². The van der Waals surface area contributed by atoms with Crippen molar-refractivity contribution in [2.24, 2.45) is 0 Å². The van der Waals surface area contributed by atoms with Crippen LogP contribution in [0.25, 0.3) is 0 Å². The van der Waals surface area contributed by atoms with E-state index in [-0.39, 0.29) is 5.37 Å². The van der Waals surface area contributed by atoms with Crippen LogP contribution in [0.1, 0.15) is 20.3 Å². The standard InChI is InChI=1S/C11H24N2O2S2/c1-4-12-10(2)5-6-13-7-8-16-9-11(13)17(3,14)15/h10-12H,4-9H2,1-3H3. The van der Waals surface area contributed by atoms with Crippen LogP contribution in [0.2, 0.25) is 0 Å². The lowest BCUT2D eigenvalue weighted by Crippen LogP contribution is -2.48. The van der Waals surface area contributed by atoms with Crippen LogP contribution in [0, 0.1) is 0 Å². The van der Waals surface area contributed by atoms with E-state index in [1.165, 1.54) is 6.26 Å². The van der Waals surface area contributed by atoms with Gasteiger partial charge in [-0.3, -0.25) is 4.90 Å². The molecule has 0 saturated carbocycles. The number of nitrogens with one attached hydrogen (secondary N) is 1. The Labute approximate surface area is 109 Å². The Hall–Kier alpha value is 0.220. The smallest absolute Gasteiger partial charge is 0.164 e. The maximum absolute atomic E-state index is 11.7. The van der Waals surface area contributed by atoms with Crippen LogP contribution in [0.15, 0.2) is 0 Å². The van der Waals surface area contributed by atoms with Gasteiger partial charge in [0.15, 0.2) is 9.84 Å². The van der Waals surface area contributed by atoms with E-state index >= 15 is 0 Å². The minimum absolute atomic E-state index is 0.282. The quantitative estimate of drug-likeness (QED) is 0.780. The van der Waals surface area contributed by atoms with E-state index in [2.05, 4.69) is 24.1 Å². The van der Waals surface area contributed by atoms with Gasteiger partial charge < -0.3 is 5.32 Å². The van der Waals surface area contributed by atoms with Gasteiger partial charge in [0.1, 0.15) is 5.37 Å². The first-order valence-corrected chi connectivity index (χ1v) is 9.30. The summed E-state index contributed by atoms with van der Waals surface area (Å²) in [6.45, 7) is 6.96. The highest BCUT2D eigenvalue weighted by Gasteiger charge is 2.30. The normalized spacial score (nSPS) is 24.8. The number of thioether (sulfide) groups is 1. The van der Waals surface area contributed by atoms with Gasteiger partial charge in [-0.15, -0.1) is 0 Å². The Kier molecular flexibility index (Phi) is 6.26. The lowest BCUT2D eigenvalue weighted by atomic mass is 10.2. The number of hydrogen-bond donors (Lipinski definition) is 1. The summed E-state index contributed by atoms with van der Waals surface area (Å²) < 4.78 is 23.4. The van der Waals surface area contributed by atoms with Gasteiger partial charge in [0, 0.05) is 36.9 Å². The van der Waals surface area contributed by atoms with E-state index in [0.717, 1.165) is 31.8 Å². The second-order valence-electron chi connectivity index (χ2n) is 4.64. The molecular formula is C11H24N2O2S2. The van der Waals surface area contributed by atoms with Crippen molar-refractivity contribution in [1.82, 2.24) is 10.2 Å². The zero-order valence-corrected chi connectivity index (χ0v) is 12.6. The first kappa shape index (κ1) is 15.3. The van der Waals surface area contributed by atoms with Gasteiger partial charge in [0.2, 0.25) is 0 Å². The molecule has 0 aromatic heterocycles. The second kappa shape index (κ2) is 6.97. The minimum Gasteiger partial charge on any atom is -0.314 e. The highest BCUT2D eigenvalue weighted by Crippen LogP contribution is 2.20. The molecule has 1 rings (SSSR count). The lowest BCUT2D eigenvalue weighted by molar-refractivity contribution is 0.256. The fourth-order valence-corrected chi connectivity index (χ4v) is 5.05. The Morgan fingerprint density at radius 2 is 2.24 bits per heavy atom. The van der Waals surface area contributed by atoms with Crippen molar-refractivity contribution in [2.75, 3.05) is 37.4 Å². The Bertz CT molecular complexity index is 319. The molecule has 0 aliphatic carbocycles. The molecular weight excluding hydrogens is 256 g/mol. The van der Waals surface area contributed by atoms with E-state index in [1.54, 1.807) is 11.8 Å². The predicted octanol–water partition coefficient (Wildman–Crippen LogP) is 0.794. The van der Waals surface area contributed by atoms with Crippen molar-refractivity contribution in [3.63, 3.8) is 0 Å². The molecule has 1 saturated heterocycles. The lowest BCUT2D eigenvalue weighted by Gasteiger charge is -2.34. The summed E-state index contributed by atoms with van der Waals surface area (Å²) in [5.41, 5.74) is 0. The molecule has 2 unspecified atom stereocenters. The molecule has 6 heteroatoms. The van der Waals surface area contributed by atoms with Gasteiger partial charge in [0.05, 0.1) is 0 Å². The SMILES string of the molecule is CCNC(C)CCN1CCSCC1S(C)(=O)=O. The molecule has 1 N–H and O–H groups in total. The Balaban J connectivity index is 2.49. The summed E-state index contributed by atoms with van der Waals surface area (Å²) in [7, 11) is -2.95. The molecule has 1 aliphatic heterocycles. The van der Waals surface area contributed by atoms with Gasteiger partial charge in [-0.1, -0.05) is 6.92 Å². The third-order valence-electron chi connectivity index (χ3n) is 3.09. The average Bonchev–Trinajstić information content (AvgIpc) is 2.26. The fourth-order valence-electron chi connectivity index (χ4n) is 2.08. The predicted molar refractivity (Wildman–Crippen MR) is 75.3 cm³/mol. The summed E-state index contributed by atoms with van der Waals surface area (Å²) in [5, 5.41) is 3.07. The van der Waals surface area contributed by atoms with Crippen molar-refractivity contribution in [2.45, 2.75) is 31.7 Å². The van der Waals surface area contributed by atoms with Crippen molar-refractivity contribution < 1.29 is 8.42 Å². The van der Waals surface area contributed by atoms with Crippen molar-refractivity contribution in [1.29, 1.82) is 0 Å². The number of rotatable bonds is 6. The molecule has 0 aromatic rings. The first-order valence-electron chi connectivity index (χ1n) is 6.19. The fraction of sp³-hybridized carbons (Fsp3) is 1.00. The third kappa shape index (κ3) is 5.16. The molecule has 1 fully saturated rings. The van der Waals surface area contributed by atoms with E-state index in [1.807, 2.05) is 0 Å². The third-order valence-corrected chi connectivity index (χ3v) is 5.77. The van der Waals surface area contributed by atoms with Crippen LogP contribution >= 0.6 is 11.8 Å². The van der Waals surface area contributed by atoms with Crippen LogP contribution in [0.5, 0.6) is 0 Å². The molecule has 1 heterocycles. The van der Waals surface area contributed by atoms with E-state index < -0.39 is 9.84 Å². The zero-order chi connectivity index (χ0) is 12.9. The van der Waals surface area contributed by atoms with Crippen LogP contribution in [-0.2, 0) is 9.84 Å². The average molecular weight is 280 g/mol. The van der Waals surface area contributed by atoms with E-state index in [0.29, 0.717) is 11.8 Å². The topological polar surface area (TPSA) is 49.4 Å². The Morgan fingerprint density at radius 1 is 1.53 bits per heavy atom. The molecule has 0 radical (unpaired) electrons. The van der Waals surface area contributed by atoms with Crippen molar-refractivity contribution in [3.8, 4) is 0 Å². The number of sulfone groups is 1. The number of hydrogen-bond acceptors (Lipinski definition) is 5. The summed E-state index contributed by atoms with van der Waals surface area (Å²) in [6.07, 6.45) is 2.36. The highest BCUT2D eigenvalue weighted by molar-refractivity contribution is 8.00. The Morgan fingerprint density at radius 3 is 2.82 bits per heavy atom. The highest BCUT2D eigenvalue weighted by atomic mass is 32.2. The second-order valence-corrected chi connectivity index (χ2v) is 8.00. The molecule has 4 nitrogen and oxygen atoms in total. The van der Waals surface area contributed by atoms with Gasteiger partial charge >= 0.3 is 0 Å². The molecule has 102 valence electrons. The first-order chi connectivity index (χ1) is 7.95. The molecule has 2 atom stereocenters.